The highest BCUT2D eigenvalue weighted by Crippen LogP contribution is 2.20. The van der Waals surface area contributed by atoms with E-state index >= 15 is 0 Å². The van der Waals surface area contributed by atoms with Gasteiger partial charge in [-0.2, -0.15) is 0 Å². The Kier molecular flexibility index (Phi) is 5.65. The van der Waals surface area contributed by atoms with Gasteiger partial charge in [-0.25, -0.2) is 13.3 Å². The highest BCUT2D eigenvalue weighted by molar-refractivity contribution is 7.03. The van der Waals surface area contributed by atoms with Gasteiger partial charge in [0.1, 0.15) is 6.17 Å². The molecule has 2 heterocycles. The number of rotatable bonds is 6. The Hall–Kier alpha value is -1.70. The molecule has 1 aromatic heterocycles. The van der Waals surface area contributed by atoms with E-state index in [9.17, 15) is 9.59 Å². The summed E-state index contributed by atoms with van der Waals surface area (Å²) >= 11 is 1.03. The first kappa shape index (κ1) is 17.1. The number of benzene rings is 1. The van der Waals surface area contributed by atoms with Crippen molar-refractivity contribution in [3.05, 3.63) is 56.0 Å². The van der Waals surface area contributed by atoms with E-state index < -0.39 is 0 Å². The molecular formula is C17H23N3O3S. The molecule has 1 aliphatic rings. The fourth-order valence-corrected chi connectivity index (χ4v) is 3.98. The SMILES string of the molecule is CCCC(N1CCOCC1)n1sc(=O)n(Cc2ccccc2)c1=O. The van der Waals surface area contributed by atoms with Gasteiger partial charge in [-0.15, -0.1) is 0 Å². The van der Waals surface area contributed by atoms with Gasteiger partial charge < -0.3 is 4.74 Å². The van der Waals surface area contributed by atoms with Crippen molar-refractivity contribution < 1.29 is 4.74 Å². The lowest BCUT2D eigenvalue weighted by atomic mass is 10.2. The highest BCUT2D eigenvalue weighted by atomic mass is 32.1. The largest absolute Gasteiger partial charge is 0.379 e. The second kappa shape index (κ2) is 7.92. The molecule has 1 aliphatic heterocycles. The third kappa shape index (κ3) is 3.68. The van der Waals surface area contributed by atoms with Crippen LogP contribution in [-0.4, -0.2) is 39.7 Å². The fraction of sp³-hybridized carbons (Fsp3) is 0.529. The summed E-state index contributed by atoms with van der Waals surface area (Å²) in [5.74, 6) is 0. The summed E-state index contributed by atoms with van der Waals surface area (Å²) in [5.41, 5.74) is 0.749. The lowest BCUT2D eigenvalue weighted by molar-refractivity contribution is -0.00253. The summed E-state index contributed by atoms with van der Waals surface area (Å²) in [7, 11) is 0. The molecule has 1 saturated heterocycles. The Morgan fingerprint density at radius 3 is 2.54 bits per heavy atom. The van der Waals surface area contributed by atoms with E-state index in [0.717, 1.165) is 43.0 Å². The number of hydrogen-bond acceptors (Lipinski definition) is 5. The second-order valence-electron chi connectivity index (χ2n) is 5.95. The molecule has 0 N–H and O–H groups in total. The zero-order valence-electron chi connectivity index (χ0n) is 13.9. The molecule has 1 unspecified atom stereocenters. The van der Waals surface area contributed by atoms with Gasteiger partial charge in [0, 0.05) is 24.6 Å². The van der Waals surface area contributed by atoms with Crippen LogP contribution in [-0.2, 0) is 11.3 Å². The first-order chi connectivity index (χ1) is 11.7. The predicted molar refractivity (Wildman–Crippen MR) is 94.7 cm³/mol. The van der Waals surface area contributed by atoms with Crippen LogP contribution in [0.25, 0.3) is 0 Å². The van der Waals surface area contributed by atoms with Gasteiger partial charge in [0.05, 0.1) is 19.8 Å². The summed E-state index contributed by atoms with van der Waals surface area (Å²) in [4.78, 5) is 27.3. The van der Waals surface area contributed by atoms with Crippen molar-refractivity contribution in [3.63, 3.8) is 0 Å². The molecule has 1 fully saturated rings. The fourth-order valence-electron chi connectivity index (χ4n) is 3.04. The van der Waals surface area contributed by atoms with E-state index in [1.807, 2.05) is 30.3 Å². The minimum absolute atomic E-state index is 0.0545. The average molecular weight is 349 g/mol. The van der Waals surface area contributed by atoms with Gasteiger partial charge in [0.2, 0.25) is 0 Å². The minimum atomic E-state index is -0.209. The molecule has 130 valence electrons. The van der Waals surface area contributed by atoms with E-state index in [0.29, 0.717) is 19.8 Å². The Bertz CT molecular complexity index is 759. The van der Waals surface area contributed by atoms with Crippen LogP contribution in [0.5, 0.6) is 0 Å². The van der Waals surface area contributed by atoms with Crippen LogP contribution >= 0.6 is 11.5 Å². The molecule has 0 spiro atoms. The molecular weight excluding hydrogens is 326 g/mol. The van der Waals surface area contributed by atoms with Crippen LogP contribution < -0.4 is 10.6 Å². The molecule has 2 aromatic rings. The summed E-state index contributed by atoms with van der Waals surface area (Å²) < 4.78 is 8.40. The number of hydrogen-bond donors (Lipinski definition) is 0. The van der Waals surface area contributed by atoms with Crippen LogP contribution in [0, 0.1) is 0 Å². The van der Waals surface area contributed by atoms with Gasteiger partial charge in [0.25, 0.3) is 0 Å². The zero-order chi connectivity index (χ0) is 16.9. The maximum Gasteiger partial charge on any atom is 0.342 e. The third-order valence-electron chi connectivity index (χ3n) is 4.28. The molecule has 0 aliphatic carbocycles. The van der Waals surface area contributed by atoms with Crippen LogP contribution in [0.4, 0.5) is 0 Å². The summed E-state index contributed by atoms with van der Waals surface area (Å²) in [6, 6.07) is 9.62. The smallest absolute Gasteiger partial charge is 0.342 e. The number of morpholine rings is 1. The van der Waals surface area contributed by atoms with Crippen molar-refractivity contribution in [1.82, 2.24) is 13.4 Å². The van der Waals surface area contributed by atoms with Crippen molar-refractivity contribution in [2.75, 3.05) is 26.3 Å². The topological polar surface area (TPSA) is 56.5 Å². The molecule has 0 amide bonds. The van der Waals surface area contributed by atoms with Crippen LogP contribution in [0.3, 0.4) is 0 Å². The molecule has 3 rings (SSSR count). The minimum Gasteiger partial charge on any atom is -0.379 e. The third-order valence-corrected chi connectivity index (χ3v) is 5.26. The first-order valence-electron chi connectivity index (χ1n) is 8.39. The van der Waals surface area contributed by atoms with Crippen LogP contribution in [0.2, 0.25) is 0 Å². The molecule has 0 radical (unpaired) electrons. The summed E-state index contributed by atoms with van der Waals surface area (Å²) in [5, 5.41) is 0. The van der Waals surface area contributed by atoms with Gasteiger partial charge >= 0.3 is 10.6 Å². The van der Waals surface area contributed by atoms with Gasteiger partial charge in [-0.1, -0.05) is 43.7 Å². The Labute approximate surface area is 145 Å². The van der Waals surface area contributed by atoms with Crippen molar-refractivity contribution in [2.24, 2.45) is 0 Å². The highest BCUT2D eigenvalue weighted by Gasteiger charge is 2.25. The molecule has 6 nitrogen and oxygen atoms in total. The normalized spacial score (nSPS) is 17.0. The first-order valence-corrected chi connectivity index (χ1v) is 9.16. The van der Waals surface area contributed by atoms with Gasteiger partial charge in [-0.05, 0) is 12.0 Å². The van der Waals surface area contributed by atoms with E-state index in [1.54, 1.807) is 3.96 Å². The molecule has 7 heteroatoms. The summed E-state index contributed by atoms with van der Waals surface area (Å²) in [6.07, 6.45) is 1.76. The van der Waals surface area contributed by atoms with E-state index in [4.69, 9.17) is 4.74 Å². The lowest BCUT2D eigenvalue weighted by Gasteiger charge is -2.33. The molecule has 1 aromatic carbocycles. The van der Waals surface area contributed by atoms with Gasteiger partial charge in [0.15, 0.2) is 0 Å². The Balaban J connectivity index is 1.91. The molecule has 24 heavy (non-hydrogen) atoms. The van der Waals surface area contributed by atoms with Crippen molar-refractivity contribution >= 4 is 11.5 Å². The maximum atomic E-state index is 12.8. The molecule has 0 saturated carbocycles. The maximum absolute atomic E-state index is 12.8. The summed E-state index contributed by atoms with van der Waals surface area (Å²) in [6.45, 7) is 5.36. The monoisotopic (exact) mass is 349 g/mol. The number of aromatic nitrogens is 2. The zero-order valence-corrected chi connectivity index (χ0v) is 14.7. The number of nitrogens with zero attached hydrogens (tertiary/aromatic N) is 3. The van der Waals surface area contributed by atoms with E-state index in [1.165, 1.54) is 4.57 Å². The average Bonchev–Trinajstić information content (AvgIpc) is 2.89. The standard InChI is InChI=1S/C17H23N3O3S/c1-2-6-15(18-9-11-23-12-10-18)20-16(21)19(17(22)24-20)13-14-7-4-3-5-8-14/h3-5,7-8,15H,2,6,9-13H2,1H3. The Morgan fingerprint density at radius 2 is 1.88 bits per heavy atom. The number of ether oxygens (including phenoxy) is 1. The quantitative estimate of drug-likeness (QED) is 0.797. The van der Waals surface area contributed by atoms with Crippen molar-refractivity contribution in [1.29, 1.82) is 0 Å². The van der Waals surface area contributed by atoms with E-state index in [-0.39, 0.29) is 16.7 Å². The lowest BCUT2D eigenvalue weighted by Crippen LogP contribution is -2.44. The van der Waals surface area contributed by atoms with Crippen molar-refractivity contribution in [2.45, 2.75) is 32.5 Å². The van der Waals surface area contributed by atoms with Crippen LogP contribution in [0.1, 0.15) is 31.5 Å². The molecule has 0 bridgehead atoms. The van der Waals surface area contributed by atoms with Gasteiger partial charge in [-0.3, -0.25) is 9.69 Å². The Morgan fingerprint density at radius 1 is 1.17 bits per heavy atom. The second-order valence-corrected chi connectivity index (χ2v) is 6.88. The van der Waals surface area contributed by atoms with Crippen LogP contribution in [0.15, 0.2) is 39.9 Å². The predicted octanol–water partition coefficient (Wildman–Crippen LogP) is 1.75. The van der Waals surface area contributed by atoms with E-state index in [2.05, 4.69) is 11.8 Å². The van der Waals surface area contributed by atoms with Crippen molar-refractivity contribution in [3.8, 4) is 0 Å². The molecule has 1 atom stereocenters.